The van der Waals surface area contributed by atoms with Crippen LogP contribution in [0.15, 0.2) is 42.5 Å². The minimum Gasteiger partial charge on any atom is -0.478 e. The topological polar surface area (TPSA) is 104 Å². The molecular weight excluding hydrogens is 530 g/mol. The summed E-state index contributed by atoms with van der Waals surface area (Å²) in [6.07, 6.45) is -7.18. The SMILES string of the molecule is Cc1[nH]c(C(=O)Nc2nc3c(OC(c4ccccc4)C(F)(F)F)cc(C(=O)O)cc3s2)c(Cl)c1Cl. The maximum atomic E-state index is 13.8. The lowest BCUT2D eigenvalue weighted by Gasteiger charge is -2.22. The predicted octanol–water partition coefficient (Wildman–Crippen LogP) is 6.87. The lowest BCUT2D eigenvalue weighted by Crippen LogP contribution is -2.26. The van der Waals surface area contributed by atoms with Gasteiger partial charge in [0, 0.05) is 11.3 Å². The number of aromatic nitrogens is 2. The third-order valence-corrected chi connectivity index (χ3v) is 6.72. The standard InChI is InChI=1S/C22H14Cl2F3N3O4S/c1-9-14(23)15(24)17(28-9)19(31)30-21-29-16-12(7-11(20(32)33)8-13(16)35-21)34-18(22(25,26)27)10-5-3-2-4-6-10/h2-8,18,28H,1H3,(H,32,33)(H,29,30,31). The molecule has 13 heteroatoms. The van der Waals surface area contributed by atoms with Crippen molar-refractivity contribution in [3.63, 3.8) is 0 Å². The van der Waals surface area contributed by atoms with Gasteiger partial charge in [-0.3, -0.25) is 10.1 Å². The monoisotopic (exact) mass is 543 g/mol. The number of halogens is 5. The Labute approximate surface area is 209 Å². The third-order valence-electron chi connectivity index (χ3n) is 4.85. The van der Waals surface area contributed by atoms with Crippen molar-refractivity contribution in [2.75, 3.05) is 5.32 Å². The van der Waals surface area contributed by atoms with Crippen molar-refractivity contribution in [2.24, 2.45) is 0 Å². The van der Waals surface area contributed by atoms with E-state index in [-0.39, 0.29) is 42.2 Å². The molecule has 0 aliphatic carbocycles. The number of nitrogens with zero attached hydrogens (tertiary/aromatic N) is 1. The smallest absolute Gasteiger partial charge is 0.429 e. The highest BCUT2D eigenvalue weighted by Crippen LogP contribution is 2.41. The molecule has 0 radical (unpaired) electrons. The fraction of sp³-hybridized carbons (Fsp3) is 0.136. The number of thiazole rings is 1. The number of amides is 1. The van der Waals surface area contributed by atoms with Crippen molar-refractivity contribution in [3.8, 4) is 5.75 Å². The summed E-state index contributed by atoms with van der Waals surface area (Å²) in [5, 5.41) is 12.1. The van der Waals surface area contributed by atoms with Crippen LogP contribution >= 0.6 is 34.5 Å². The highest BCUT2D eigenvalue weighted by Gasteiger charge is 2.43. The highest BCUT2D eigenvalue weighted by atomic mass is 35.5. The second-order valence-corrected chi connectivity index (χ2v) is 9.09. The van der Waals surface area contributed by atoms with E-state index < -0.39 is 29.9 Å². The molecule has 0 bridgehead atoms. The van der Waals surface area contributed by atoms with Gasteiger partial charge in [0.1, 0.15) is 17.0 Å². The van der Waals surface area contributed by atoms with Gasteiger partial charge in [-0.2, -0.15) is 13.2 Å². The fourth-order valence-corrected chi connectivity index (χ4v) is 4.57. The van der Waals surface area contributed by atoms with E-state index in [0.717, 1.165) is 17.4 Å². The molecule has 1 atom stereocenters. The fourth-order valence-electron chi connectivity index (χ4n) is 3.23. The van der Waals surface area contributed by atoms with Gasteiger partial charge in [-0.25, -0.2) is 9.78 Å². The van der Waals surface area contributed by atoms with E-state index in [0.29, 0.717) is 5.69 Å². The molecule has 1 amide bonds. The van der Waals surface area contributed by atoms with Crippen LogP contribution in [0.2, 0.25) is 10.0 Å². The van der Waals surface area contributed by atoms with E-state index >= 15 is 0 Å². The Balaban J connectivity index is 1.75. The molecule has 0 aliphatic rings. The van der Waals surface area contributed by atoms with Crippen molar-refractivity contribution in [1.29, 1.82) is 0 Å². The first-order valence-electron chi connectivity index (χ1n) is 9.76. The molecular formula is C22H14Cl2F3N3O4S. The second-order valence-electron chi connectivity index (χ2n) is 7.30. The molecule has 0 saturated carbocycles. The Kier molecular flexibility index (Phi) is 6.67. The van der Waals surface area contributed by atoms with Crippen LogP contribution < -0.4 is 10.1 Å². The summed E-state index contributed by atoms with van der Waals surface area (Å²) < 4.78 is 47.0. The number of alkyl halides is 3. The van der Waals surface area contributed by atoms with Crippen LogP contribution in [0.25, 0.3) is 10.2 Å². The molecule has 0 aliphatic heterocycles. The number of rotatable bonds is 6. The summed E-state index contributed by atoms with van der Waals surface area (Å²) in [6, 6.07) is 9.09. The van der Waals surface area contributed by atoms with Crippen LogP contribution in [-0.2, 0) is 0 Å². The van der Waals surface area contributed by atoms with E-state index in [2.05, 4.69) is 15.3 Å². The number of benzene rings is 2. The van der Waals surface area contributed by atoms with E-state index in [1.54, 1.807) is 13.0 Å². The van der Waals surface area contributed by atoms with E-state index in [1.807, 2.05) is 0 Å². The molecule has 0 saturated heterocycles. The average Bonchev–Trinajstić information content (AvgIpc) is 3.32. The molecule has 4 aromatic rings. The van der Waals surface area contributed by atoms with Gasteiger partial charge >= 0.3 is 12.1 Å². The first kappa shape index (κ1) is 24.8. The molecule has 0 spiro atoms. The Hall–Kier alpha value is -3.28. The van der Waals surface area contributed by atoms with Crippen LogP contribution in [0.1, 0.15) is 38.2 Å². The molecule has 35 heavy (non-hydrogen) atoms. The number of aromatic carboxylic acids is 1. The molecule has 1 unspecified atom stereocenters. The largest absolute Gasteiger partial charge is 0.478 e. The number of carboxylic acids is 1. The van der Waals surface area contributed by atoms with Crippen LogP contribution in [-0.4, -0.2) is 33.1 Å². The van der Waals surface area contributed by atoms with Gasteiger partial charge in [-0.05, 0) is 19.1 Å². The minimum absolute atomic E-state index is 0.00385. The quantitative estimate of drug-likeness (QED) is 0.246. The van der Waals surface area contributed by atoms with Gasteiger partial charge < -0.3 is 14.8 Å². The average molecular weight is 544 g/mol. The second kappa shape index (κ2) is 9.40. The maximum Gasteiger partial charge on any atom is 0.429 e. The number of carbonyl (C=O) groups excluding carboxylic acids is 1. The number of hydrogen-bond donors (Lipinski definition) is 3. The Morgan fingerprint density at radius 1 is 1.17 bits per heavy atom. The predicted molar refractivity (Wildman–Crippen MR) is 126 cm³/mol. The minimum atomic E-state index is -4.80. The molecule has 4 rings (SSSR count). The van der Waals surface area contributed by atoms with Crippen molar-refractivity contribution in [3.05, 3.63) is 75.0 Å². The molecule has 2 aromatic carbocycles. The third kappa shape index (κ3) is 5.07. The zero-order chi connectivity index (χ0) is 25.5. The van der Waals surface area contributed by atoms with Crippen molar-refractivity contribution < 1.29 is 32.6 Å². The lowest BCUT2D eigenvalue weighted by atomic mass is 10.1. The van der Waals surface area contributed by atoms with Gasteiger partial charge in [0.2, 0.25) is 6.10 Å². The van der Waals surface area contributed by atoms with Gasteiger partial charge in [0.05, 0.1) is 20.3 Å². The summed E-state index contributed by atoms with van der Waals surface area (Å²) >= 11 is 12.9. The number of nitrogens with one attached hydrogen (secondary N) is 2. The summed E-state index contributed by atoms with van der Waals surface area (Å²) in [4.78, 5) is 31.1. The van der Waals surface area contributed by atoms with Gasteiger partial charge in [-0.1, -0.05) is 64.9 Å². The molecule has 0 fully saturated rings. The van der Waals surface area contributed by atoms with E-state index in [9.17, 15) is 27.9 Å². The summed E-state index contributed by atoms with van der Waals surface area (Å²) in [5.74, 6) is -2.47. The number of aromatic amines is 1. The van der Waals surface area contributed by atoms with Crippen LogP contribution in [0.4, 0.5) is 18.3 Å². The number of aryl methyl sites for hydroxylation is 1. The Morgan fingerprint density at radius 3 is 2.43 bits per heavy atom. The summed E-state index contributed by atoms with van der Waals surface area (Å²) in [6.45, 7) is 1.61. The Bertz CT molecular complexity index is 1440. The van der Waals surface area contributed by atoms with E-state index in [4.69, 9.17) is 27.9 Å². The number of carbonyl (C=O) groups is 2. The van der Waals surface area contributed by atoms with Gasteiger partial charge in [0.25, 0.3) is 5.91 Å². The number of carboxylic acid groups (broad SMARTS) is 1. The lowest BCUT2D eigenvalue weighted by molar-refractivity contribution is -0.197. The van der Waals surface area contributed by atoms with Gasteiger partial charge in [0.15, 0.2) is 5.13 Å². The first-order valence-corrected chi connectivity index (χ1v) is 11.3. The van der Waals surface area contributed by atoms with Crippen LogP contribution in [0.5, 0.6) is 5.75 Å². The molecule has 7 nitrogen and oxygen atoms in total. The highest BCUT2D eigenvalue weighted by molar-refractivity contribution is 7.22. The molecule has 2 heterocycles. The van der Waals surface area contributed by atoms with Crippen LogP contribution in [0, 0.1) is 6.92 Å². The van der Waals surface area contributed by atoms with Crippen LogP contribution in [0.3, 0.4) is 0 Å². The number of fused-ring (bicyclic) bond motifs is 1. The zero-order valence-electron chi connectivity index (χ0n) is 17.5. The molecule has 182 valence electrons. The number of H-pyrrole nitrogens is 1. The van der Waals surface area contributed by atoms with Crippen molar-refractivity contribution in [1.82, 2.24) is 9.97 Å². The summed E-state index contributed by atoms with van der Waals surface area (Å²) in [5.41, 5.74) is -0.0966. The maximum absolute atomic E-state index is 13.8. The Morgan fingerprint density at radius 2 is 1.86 bits per heavy atom. The molecule has 3 N–H and O–H groups in total. The van der Waals surface area contributed by atoms with Crippen molar-refractivity contribution in [2.45, 2.75) is 19.2 Å². The first-order chi connectivity index (χ1) is 16.5. The van der Waals surface area contributed by atoms with Crippen molar-refractivity contribution >= 4 is 61.8 Å². The summed E-state index contributed by atoms with van der Waals surface area (Å²) in [7, 11) is 0. The zero-order valence-corrected chi connectivity index (χ0v) is 19.9. The van der Waals surface area contributed by atoms with E-state index in [1.165, 1.54) is 30.3 Å². The number of anilines is 1. The van der Waals surface area contributed by atoms with Gasteiger partial charge in [-0.15, -0.1) is 0 Å². The number of hydrogen-bond acceptors (Lipinski definition) is 5. The molecule has 2 aromatic heterocycles. The normalized spacial score (nSPS) is 12.5. The number of ether oxygens (including phenoxy) is 1.